The Hall–Kier alpha value is -1.91. The van der Waals surface area contributed by atoms with Gasteiger partial charge in [0.1, 0.15) is 12.1 Å². The number of anilines is 1. The molecule has 0 aliphatic rings. The standard InChI is InChI=1S/C8H8N4O/c1-4-12-13-7(1)5-10-8-2-3-9-6-11-8/h1-4,6H,5H2,(H,9,10,11). The molecule has 0 radical (unpaired) electrons. The maximum atomic E-state index is 4.90. The average Bonchev–Trinajstić information content (AvgIpc) is 2.69. The Bertz CT molecular complexity index is 346. The van der Waals surface area contributed by atoms with Gasteiger partial charge in [0.05, 0.1) is 12.7 Å². The van der Waals surface area contributed by atoms with E-state index in [4.69, 9.17) is 4.52 Å². The monoisotopic (exact) mass is 176 g/mol. The predicted molar refractivity (Wildman–Crippen MR) is 45.9 cm³/mol. The SMILES string of the molecule is c1cc(NCc2ccno2)ncn1. The second-order valence-corrected chi connectivity index (χ2v) is 2.43. The zero-order chi connectivity index (χ0) is 8.93. The lowest BCUT2D eigenvalue weighted by molar-refractivity contribution is 0.388. The van der Waals surface area contributed by atoms with E-state index in [1.807, 2.05) is 0 Å². The van der Waals surface area contributed by atoms with Crippen molar-refractivity contribution in [3.8, 4) is 0 Å². The second kappa shape index (κ2) is 3.66. The van der Waals surface area contributed by atoms with Gasteiger partial charge in [-0.3, -0.25) is 0 Å². The van der Waals surface area contributed by atoms with E-state index in [2.05, 4.69) is 20.4 Å². The molecule has 5 nitrogen and oxygen atoms in total. The first-order valence-electron chi connectivity index (χ1n) is 3.84. The summed E-state index contributed by atoms with van der Waals surface area (Å²) >= 11 is 0. The Morgan fingerprint density at radius 2 is 2.31 bits per heavy atom. The molecule has 0 bridgehead atoms. The smallest absolute Gasteiger partial charge is 0.155 e. The van der Waals surface area contributed by atoms with Crippen molar-refractivity contribution < 1.29 is 4.52 Å². The van der Waals surface area contributed by atoms with E-state index in [0.29, 0.717) is 6.54 Å². The van der Waals surface area contributed by atoms with Gasteiger partial charge in [0, 0.05) is 12.3 Å². The highest BCUT2D eigenvalue weighted by molar-refractivity contribution is 5.31. The number of hydrogen-bond acceptors (Lipinski definition) is 5. The van der Waals surface area contributed by atoms with Crippen LogP contribution < -0.4 is 5.32 Å². The van der Waals surface area contributed by atoms with Gasteiger partial charge in [0.25, 0.3) is 0 Å². The van der Waals surface area contributed by atoms with Crippen LogP contribution >= 0.6 is 0 Å². The number of rotatable bonds is 3. The summed E-state index contributed by atoms with van der Waals surface area (Å²) in [6.07, 6.45) is 4.77. The van der Waals surface area contributed by atoms with Crippen LogP contribution in [0, 0.1) is 0 Å². The van der Waals surface area contributed by atoms with Gasteiger partial charge >= 0.3 is 0 Å². The van der Waals surface area contributed by atoms with Gasteiger partial charge in [0.15, 0.2) is 5.76 Å². The fourth-order valence-electron chi connectivity index (χ4n) is 0.906. The molecule has 0 amide bonds. The summed E-state index contributed by atoms with van der Waals surface area (Å²) in [5.74, 6) is 1.55. The molecule has 2 aromatic rings. The molecule has 0 fully saturated rings. The zero-order valence-electron chi connectivity index (χ0n) is 6.84. The molecule has 2 aromatic heterocycles. The van der Waals surface area contributed by atoms with Gasteiger partial charge < -0.3 is 9.84 Å². The average molecular weight is 176 g/mol. The molecule has 2 heterocycles. The summed E-state index contributed by atoms with van der Waals surface area (Å²) in [5.41, 5.74) is 0. The topological polar surface area (TPSA) is 63.8 Å². The van der Waals surface area contributed by atoms with E-state index < -0.39 is 0 Å². The first kappa shape index (κ1) is 7.72. The van der Waals surface area contributed by atoms with E-state index in [0.717, 1.165) is 11.6 Å². The van der Waals surface area contributed by atoms with Crippen LogP contribution in [0.1, 0.15) is 5.76 Å². The predicted octanol–water partition coefficient (Wildman–Crippen LogP) is 1.08. The molecule has 0 aliphatic heterocycles. The Morgan fingerprint density at radius 1 is 1.31 bits per heavy atom. The largest absolute Gasteiger partial charge is 0.363 e. The molecule has 0 saturated carbocycles. The maximum Gasteiger partial charge on any atom is 0.155 e. The van der Waals surface area contributed by atoms with E-state index in [9.17, 15) is 0 Å². The molecule has 5 heteroatoms. The van der Waals surface area contributed by atoms with Crippen LogP contribution in [0.15, 0.2) is 35.4 Å². The molecular weight excluding hydrogens is 168 g/mol. The summed E-state index contributed by atoms with van der Waals surface area (Å²) in [5, 5.41) is 6.65. The lowest BCUT2D eigenvalue weighted by Crippen LogP contribution is -1.99. The van der Waals surface area contributed by atoms with Crippen molar-refractivity contribution in [2.24, 2.45) is 0 Å². The van der Waals surface area contributed by atoms with Crippen LogP contribution in [0.25, 0.3) is 0 Å². The minimum Gasteiger partial charge on any atom is -0.363 e. The van der Waals surface area contributed by atoms with E-state index >= 15 is 0 Å². The maximum absolute atomic E-state index is 4.90. The third-order valence-corrected chi connectivity index (χ3v) is 1.52. The minimum atomic E-state index is 0.580. The molecule has 13 heavy (non-hydrogen) atoms. The van der Waals surface area contributed by atoms with Crippen LogP contribution in [-0.4, -0.2) is 15.1 Å². The third-order valence-electron chi connectivity index (χ3n) is 1.52. The number of nitrogens with zero attached hydrogens (tertiary/aromatic N) is 3. The van der Waals surface area contributed by atoms with Crippen LogP contribution in [0.2, 0.25) is 0 Å². The van der Waals surface area contributed by atoms with Crippen molar-refractivity contribution in [1.82, 2.24) is 15.1 Å². The molecule has 0 unspecified atom stereocenters. The quantitative estimate of drug-likeness (QED) is 0.758. The molecule has 0 aromatic carbocycles. The highest BCUT2D eigenvalue weighted by atomic mass is 16.5. The minimum absolute atomic E-state index is 0.580. The van der Waals surface area contributed by atoms with Gasteiger partial charge in [-0.05, 0) is 6.07 Å². The van der Waals surface area contributed by atoms with E-state index in [1.54, 1.807) is 24.5 Å². The fourth-order valence-corrected chi connectivity index (χ4v) is 0.906. The summed E-state index contributed by atoms with van der Waals surface area (Å²) in [7, 11) is 0. The van der Waals surface area contributed by atoms with Crippen LogP contribution in [0.3, 0.4) is 0 Å². The van der Waals surface area contributed by atoms with E-state index in [1.165, 1.54) is 6.33 Å². The number of nitrogens with one attached hydrogen (secondary N) is 1. The molecule has 0 atom stereocenters. The van der Waals surface area contributed by atoms with Crippen molar-refractivity contribution in [3.05, 3.63) is 36.6 Å². The van der Waals surface area contributed by atoms with Gasteiger partial charge in [-0.25, -0.2) is 9.97 Å². The van der Waals surface area contributed by atoms with Gasteiger partial charge in [0.2, 0.25) is 0 Å². The van der Waals surface area contributed by atoms with Crippen molar-refractivity contribution in [2.75, 3.05) is 5.32 Å². The van der Waals surface area contributed by atoms with Crippen LogP contribution in [0.4, 0.5) is 5.82 Å². The normalized spacial score (nSPS) is 9.85. The molecule has 1 N–H and O–H groups in total. The molecule has 2 rings (SSSR count). The van der Waals surface area contributed by atoms with Gasteiger partial charge in [-0.1, -0.05) is 5.16 Å². The molecule has 0 saturated heterocycles. The summed E-state index contributed by atoms with van der Waals surface area (Å²) < 4.78 is 4.90. The Morgan fingerprint density at radius 3 is 3.00 bits per heavy atom. The highest BCUT2D eigenvalue weighted by Gasteiger charge is 1.96. The summed E-state index contributed by atoms with van der Waals surface area (Å²) in [6, 6.07) is 3.59. The van der Waals surface area contributed by atoms with Crippen molar-refractivity contribution in [1.29, 1.82) is 0 Å². The Balaban J connectivity index is 1.94. The number of aromatic nitrogens is 3. The second-order valence-electron chi connectivity index (χ2n) is 2.43. The highest BCUT2D eigenvalue weighted by Crippen LogP contribution is 2.02. The van der Waals surface area contributed by atoms with Crippen molar-refractivity contribution in [2.45, 2.75) is 6.54 Å². The fraction of sp³-hybridized carbons (Fsp3) is 0.125. The lowest BCUT2D eigenvalue weighted by Gasteiger charge is -2.00. The number of hydrogen-bond donors (Lipinski definition) is 1. The van der Waals surface area contributed by atoms with Crippen molar-refractivity contribution in [3.63, 3.8) is 0 Å². The molecular formula is C8H8N4O. The van der Waals surface area contributed by atoms with Crippen LogP contribution in [-0.2, 0) is 6.54 Å². The van der Waals surface area contributed by atoms with Crippen LogP contribution in [0.5, 0.6) is 0 Å². The van der Waals surface area contributed by atoms with Gasteiger partial charge in [-0.15, -0.1) is 0 Å². The lowest BCUT2D eigenvalue weighted by atomic mass is 10.4. The molecule has 0 aliphatic carbocycles. The third kappa shape index (κ3) is 2.02. The Labute approximate surface area is 74.8 Å². The first-order chi connectivity index (χ1) is 6.45. The molecule has 0 spiro atoms. The Kier molecular flexibility index (Phi) is 2.18. The summed E-state index contributed by atoms with van der Waals surface area (Å²) in [6.45, 7) is 0.580. The zero-order valence-corrected chi connectivity index (χ0v) is 6.84. The van der Waals surface area contributed by atoms with Crippen molar-refractivity contribution >= 4 is 5.82 Å². The molecule has 66 valence electrons. The first-order valence-corrected chi connectivity index (χ1v) is 3.84. The van der Waals surface area contributed by atoms with E-state index in [-0.39, 0.29) is 0 Å². The summed E-state index contributed by atoms with van der Waals surface area (Å²) in [4.78, 5) is 7.80. The van der Waals surface area contributed by atoms with Gasteiger partial charge in [-0.2, -0.15) is 0 Å².